The Labute approximate surface area is 143 Å². The van der Waals surface area contributed by atoms with E-state index in [0.29, 0.717) is 36.5 Å². The quantitative estimate of drug-likeness (QED) is 0.833. The highest BCUT2D eigenvalue weighted by Gasteiger charge is 2.33. The van der Waals surface area contributed by atoms with Gasteiger partial charge >= 0.3 is 0 Å². The molecule has 7 heteroatoms. The van der Waals surface area contributed by atoms with E-state index < -0.39 is 10.0 Å². The molecule has 0 radical (unpaired) electrons. The molecular weight excluding hydrogens is 328 g/mol. The van der Waals surface area contributed by atoms with Gasteiger partial charge in [-0.1, -0.05) is 0 Å². The van der Waals surface area contributed by atoms with Crippen LogP contribution in [0.5, 0.6) is 0 Å². The highest BCUT2D eigenvalue weighted by atomic mass is 32.2. The van der Waals surface area contributed by atoms with Gasteiger partial charge in [-0.15, -0.1) is 0 Å². The summed E-state index contributed by atoms with van der Waals surface area (Å²) in [6, 6.07) is 5.15. The molecule has 2 heterocycles. The van der Waals surface area contributed by atoms with E-state index in [1.54, 1.807) is 30.0 Å². The molecule has 0 saturated carbocycles. The van der Waals surface area contributed by atoms with E-state index in [4.69, 9.17) is 4.74 Å². The van der Waals surface area contributed by atoms with Gasteiger partial charge in [-0.25, -0.2) is 8.42 Å². The van der Waals surface area contributed by atoms with Crippen molar-refractivity contribution in [3.05, 3.63) is 23.8 Å². The number of carbonyl (C=O) groups is 1. The lowest BCUT2D eigenvalue weighted by atomic mass is 10.2. The molecule has 2 aliphatic heterocycles. The standard InChI is InChI=1S/C17H24N2O4S/c1-12-9-15(19-8-4-5-17(19)20)6-7-16(12)24(21,22)18-10-13(2)23-14(3)11-18/h6-7,9,13-14H,4-5,8,10-11H2,1-3H3/t13-,14-/m1/s1. The smallest absolute Gasteiger partial charge is 0.243 e. The molecule has 1 aromatic rings. The van der Waals surface area contributed by atoms with Crippen molar-refractivity contribution >= 4 is 21.6 Å². The first-order valence-electron chi connectivity index (χ1n) is 8.35. The number of carbonyl (C=O) groups excluding carboxylic acids is 1. The maximum atomic E-state index is 13.0. The Morgan fingerprint density at radius 3 is 2.38 bits per heavy atom. The van der Waals surface area contributed by atoms with E-state index >= 15 is 0 Å². The summed E-state index contributed by atoms with van der Waals surface area (Å²) >= 11 is 0. The van der Waals surface area contributed by atoms with Crippen molar-refractivity contribution in [3.63, 3.8) is 0 Å². The Bertz CT molecular complexity index is 737. The van der Waals surface area contributed by atoms with Crippen LogP contribution in [0.15, 0.2) is 23.1 Å². The fourth-order valence-electron chi connectivity index (χ4n) is 3.48. The molecule has 1 aromatic carbocycles. The summed E-state index contributed by atoms with van der Waals surface area (Å²) in [5.41, 5.74) is 1.44. The summed E-state index contributed by atoms with van der Waals surface area (Å²) in [6.07, 6.45) is 1.17. The van der Waals surface area contributed by atoms with Crippen LogP contribution in [-0.2, 0) is 19.6 Å². The third-order valence-electron chi connectivity index (χ3n) is 4.55. The molecule has 1 amide bonds. The second-order valence-corrected chi connectivity index (χ2v) is 8.58. The molecule has 2 fully saturated rings. The second-order valence-electron chi connectivity index (χ2n) is 6.68. The summed E-state index contributed by atoms with van der Waals surface area (Å²) in [5, 5.41) is 0. The van der Waals surface area contributed by atoms with Crippen LogP contribution in [0.3, 0.4) is 0 Å². The van der Waals surface area contributed by atoms with Crippen LogP contribution < -0.4 is 4.90 Å². The number of aryl methyl sites for hydroxylation is 1. The van der Waals surface area contributed by atoms with Crippen LogP contribution in [0.25, 0.3) is 0 Å². The van der Waals surface area contributed by atoms with Crippen molar-refractivity contribution in [2.45, 2.75) is 50.7 Å². The summed E-state index contributed by atoms with van der Waals surface area (Å²) in [6.45, 7) is 6.96. The number of hydrogen-bond donors (Lipinski definition) is 0. The molecule has 0 spiro atoms. The molecule has 2 atom stereocenters. The van der Waals surface area contributed by atoms with Gasteiger partial charge in [0, 0.05) is 31.7 Å². The van der Waals surface area contributed by atoms with Crippen molar-refractivity contribution in [3.8, 4) is 0 Å². The van der Waals surface area contributed by atoms with Gasteiger partial charge in [0.2, 0.25) is 15.9 Å². The fourth-order valence-corrected chi connectivity index (χ4v) is 5.27. The minimum atomic E-state index is -3.56. The minimum Gasteiger partial charge on any atom is -0.373 e. The summed E-state index contributed by atoms with van der Waals surface area (Å²) in [5.74, 6) is 0.0980. The van der Waals surface area contributed by atoms with E-state index in [9.17, 15) is 13.2 Å². The van der Waals surface area contributed by atoms with Crippen LogP contribution in [0.1, 0.15) is 32.3 Å². The Morgan fingerprint density at radius 2 is 1.83 bits per heavy atom. The third-order valence-corrected chi connectivity index (χ3v) is 6.54. The molecule has 0 bridgehead atoms. The number of ether oxygens (including phenoxy) is 1. The van der Waals surface area contributed by atoms with Crippen LogP contribution in [0.4, 0.5) is 5.69 Å². The molecule has 2 saturated heterocycles. The lowest BCUT2D eigenvalue weighted by Gasteiger charge is -2.34. The van der Waals surface area contributed by atoms with Gasteiger partial charge in [-0.05, 0) is 51.0 Å². The normalized spacial score (nSPS) is 26.1. The molecular formula is C17H24N2O4S. The number of sulfonamides is 1. The van der Waals surface area contributed by atoms with Gasteiger partial charge in [0.1, 0.15) is 0 Å². The number of rotatable bonds is 3. The minimum absolute atomic E-state index is 0.0980. The van der Waals surface area contributed by atoms with E-state index in [1.165, 1.54) is 4.31 Å². The van der Waals surface area contributed by atoms with Crippen molar-refractivity contribution < 1.29 is 17.9 Å². The highest BCUT2D eigenvalue weighted by molar-refractivity contribution is 7.89. The van der Waals surface area contributed by atoms with Crippen molar-refractivity contribution in [2.24, 2.45) is 0 Å². The average molecular weight is 352 g/mol. The lowest BCUT2D eigenvalue weighted by Crippen LogP contribution is -2.48. The van der Waals surface area contributed by atoms with Crippen LogP contribution in [-0.4, -0.2) is 50.5 Å². The Balaban J connectivity index is 1.89. The maximum Gasteiger partial charge on any atom is 0.243 e. The van der Waals surface area contributed by atoms with Crippen LogP contribution in [0.2, 0.25) is 0 Å². The summed E-state index contributed by atoms with van der Waals surface area (Å²) in [7, 11) is -3.56. The average Bonchev–Trinajstić information content (AvgIpc) is 2.92. The summed E-state index contributed by atoms with van der Waals surface area (Å²) in [4.78, 5) is 13.9. The van der Waals surface area contributed by atoms with Gasteiger partial charge < -0.3 is 9.64 Å². The molecule has 0 aliphatic carbocycles. The molecule has 2 aliphatic rings. The zero-order valence-corrected chi connectivity index (χ0v) is 15.2. The topological polar surface area (TPSA) is 66.9 Å². The number of anilines is 1. The Morgan fingerprint density at radius 1 is 1.17 bits per heavy atom. The summed E-state index contributed by atoms with van der Waals surface area (Å²) < 4.78 is 33.1. The first kappa shape index (κ1) is 17.4. The second kappa shape index (κ2) is 6.46. The number of nitrogens with zero attached hydrogens (tertiary/aromatic N) is 2. The van der Waals surface area contributed by atoms with Gasteiger partial charge in [-0.2, -0.15) is 4.31 Å². The van der Waals surface area contributed by atoms with Gasteiger partial charge in [0.05, 0.1) is 17.1 Å². The lowest BCUT2D eigenvalue weighted by molar-refractivity contribution is -0.117. The monoisotopic (exact) mass is 352 g/mol. The predicted octanol–water partition coefficient (Wildman–Crippen LogP) is 1.92. The van der Waals surface area contributed by atoms with Crippen LogP contribution >= 0.6 is 0 Å². The fraction of sp³-hybridized carbons (Fsp3) is 0.588. The predicted molar refractivity (Wildman–Crippen MR) is 91.5 cm³/mol. The SMILES string of the molecule is Cc1cc(N2CCCC2=O)ccc1S(=O)(=O)N1C[C@@H](C)O[C@H](C)C1. The van der Waals surface area contributed by atoms with Gasteiger partial charge in [0.25, 0.3) is 0 Å². The molecule has 132 valence electrons. The van der Waals surface area contributed by atoms with E-state index in [2.05, 4.69) is 0 Å². The van der Waals surface area contributed by atoms with Crippen molar-refractivity contribution in [1.82, 2.24) is 4.31 Å². The molecule has 0 unspecified atom stereocenters. The Kier molecular flexibility index (Phi) is 4.68. The van der Waals surface area contributed by atoms with E-state index in [-0.39, 0.29) is 18.1 Å². The van der Waals surface area contributed by atoms with E-state index in [0.717, 1.165) is 12.1 Å². The van der Waals surface area contributed by atoms with Gasteiger partial charge in [-0.3, -0.25) is 4.79 Å². The molecule has 24 heavy (non-hydrogen) atoms. The number of amides is 1. The molecule has 0 aromatic heterocycles. The van der Waals surface area contributed by atoms with Gasteiger partial charge in [0.15, 0.2) is 0 Å². The third kappa shape index (κ3) is 3.20. The Hall–Kier alpha value is -1.44. The first-order valence-corrected chi connectivity index (χ1v) is 9.79. The molecule has 0 N–H and O–H groups in total. The van der Waals surface area contributed by atoms with Crippen molar-refractivity contribution in [1.29, 1.82) is 0 Å². The maximum absolute atomic E-state index is 13.0. The highest BCUT2D eigenvalue weighted by Crippen LogP contribution is 2.28. The first-order chi connectivity index (χ1) is 11.3. The zero-order valence-electron chi connectivity index (χ0n) is 14.4. The van der Waals surface area contributed by atoms with Crippen LogP contribution in [0, 0.1) is 6.92 Å². The molecule has 3 rings (SSSR count). The largest absolute Gasteiger partial charge is 0.373 e. The number of hydrogen-bond acceptors (Lipinski definition) is 4. The zero-order chi connectivity index (χ0) is 17.5. The number of benzene rings is 1. The molecule has 6 nitrogen and oxygen atoms in total. The number of morpholine rings is 1. The van der Waals surface area contributed by atoms with Crippen molar-refractivity contribution in [2.75, 3.05) is 24.5 Å². The van der Waals surface area contributed by atoms with E-state index in [1.807, 2.05) is 13.8 Å².